The summed E-state index contributed by atoms with van der Waals surface area (Å²) in [6, 6.07) is 11.9. The van der Waals surface area contributed by atoms with E-state index < -0.39 is 12.0 Å². The quantitative estimate of drug-likeness (QED) is 0.293. The Kier molecular flexibility index (Phi) is 8.28. The summed E-state index contributed by atoms with van der Waals surface area (Å²) in [7, 11) is 3.13. The number of hydrogen-bond donors (Lipinski definition) is 0. The van der Waals surface area contributed by atoms with Gasteiger partial charge in [-0.05, 0) is 48.4 Å². The summed E-state index contributed by atoms with van der Waals surface area (Å²) in [5.41, 5.74) is 1.98. The van der Waals surface area contributed by atoms with Gasteiger partial charge >= 0.3 is 5.97 Å². The topological polar surface area (TPSA) is 88.4 Å². The van der Waals surface area contributed by atoms with E-state index in [1.165, 1.54) is 22.0 Å². The molecule has 9 heteroatoms. The first-order chi connectivity index (χ1) is 18.4. The van der Waals surface area contributed by atoms with Crippen LogP contribution in [0.25, 0.3) is 6.08 Å². The minimum Gasteiger partial charge on any atom is -0.497 e. The summed E-state index contributed by atoms with van der Waals surface area (Å²) in [6.45, 7) is 9.40. The Balaban J connectivity index is 1.86. The first-order valence-corrected chi connectivity index (χ1v) is 12.6. The summed E-state index contributed by atoms with van der Waals surface area (Å²) < 4.78 is 23.7. The Bertz CT molecular complexity index is 1580. The van der Waals surface area contributed by atoms with Crippen LogP contribution in [0.15, 0.2) is 88.8 Å². The van der Waals surface area contributed by atoms with E-state index in [1.807, 2.05) is 18.2 Å². The summed E-state index contributed by atoms with van der Waals surface area (Å²) >= 11 is 1.25. The third kappa shape index (κ3) is 5.33. The number of thiazole rings is 1. The first kappa shape index (κ1) is 26.7. The van der Waals surface area contributed by atoms with Gasteiger partial charge in [0.15, 0.2) is 16.3 Å². The number of fused-ring (bicyclic) bond motifs is 1. The Morgan fingerprint density at radius 2 is 1.79 bits per heavy atom. The fourth-order valence-electron chi connectivity index (χ4n) is 4.09. The van der Waals surface area contributed by atoms with Gasteiger partial charge in [-0.15, -0.1) is 0 Å². The molecule has 1 atom stereocenters. The molecule has 1 unspecified atom stereocenters. The minimum atomic E-state index is -0.721. The molecule has 8 nitrogen and oxygen atoms in total. The highest BCUT2D eigenvalue weighted by atomic mass is 32.1. The average Bonchev–Trinajstić information content (AvgIpc) is 3.24. The monoisotopic (exact) mass is 532 g/mol. The van der Waals surface area contributed by atoms with Crippen molar-refractivity contribution in [3.8, 4) is 17.2 Å². The largest absolute Gasteiger partial charge is 0.497 e. The second-order valence-corrected chi connectivity index (χ2v) is 9.26. The molecule has 0 amide bonds. The lowest BCUT2D eigenvalue weighted by Crippen LogP contribution is -2.39. The maximum Gasteiger partial charge on any atom is 0.338 e. The van der Waals surface area contributed by atoms with Crippen molar-refractivity contribution < 1.29 is 23.7 Å². The van der Waals surface area contributed by atoms with Crippen molar-refractivity contribution in [3.05, 3.63) is 110 Å². The Morgan fingerprint density at radius 3 is 2.45 bits per heavy atom. The fraction of sp³-hybridized carbons (Fsp3) is 0.207. The molecule has 1 aliphatic rings. The summed E-state index contributed by atoms with van der Waals surface area (Å²) in [5.74, 6) is 1.21. The molecule has 1 aromatic heterocycles. The predicted molar refractivity (Wildman–Crippen MR) is 147 cm³/mol. The van der Waals surface area contributed by atoms with Crippen molar-refractivity contribution in [3.63, 3.8) is 0 Å². The second kappa shape index (κ2) is 11.8. The molecule has 3 aromatic rings. The van der Waals surface area contributed by atoms with Gasteiger partial charge in [0.05, 0.1) is 36.1 Å². The number of methoxy groups -OCH3 is 2. The van der Waals surface area contributed by atoms with Crippen molar-refractivity contribution in [1.29, 1.82) is 0 Å². The molecule has 0 bridgehead atoms. The normalized spacial score (nSPS) is 14.8. The number of carbonyl (C=O) groups excluding carboxylic acids is 1. The number of aromatic nitrogens is 1. The Labute approximate surface area is 224 Å². The molecule has 0 N–H and O–H groups in total. The van der Waals surface area contributed by atoms with E-state index in [1.54, 1.807) is 57.6 Å². The molecular weight excluding hydrogens is 504 g/mol. The number of nitrogens with zero attached hydrogens (tertiary/aromatic N) is 2. The lowest BCUT2D eigenvalue weighted by molar-refractivity contribution is -0.138. The van der Waals surface area contributed by atoms with Crippen molar-refractivity contribution in [2.24, 2.45) is 4.99 Å². The SMILES string of the molecule is C=CCOC(=O)C1=C(C)N=c2sc(=Cc3ccc(OCC=C)c(OC)c3)c(=O)n2C1c1ccc(OC)cc1. The molecule has 0 saturated heterocycles. The lowest BCUT2D eigenvalue weighted by Gasteiger charge is -2.24. The van der Waals surface area contributed by atoms with E-state index in [2.05, 4.69) is 18.2 Å². The first-order valence-electron chi connectivity index (χ1n) is 11.8. The molecule has 0 aliphatic carbocycles. The summed E-state index contributed by atoms with van der Waals surface area (Å²) in [4.78, 5) is 32.0. The number of benzene rings is 2. The number of allylic oxidation sites excluding steroid dienone is 1. The van der Waals surface area contributed by atoms with Gasteiger partial charge in [0.2, 0.25) is 0 Å². The van der Waals surface area contributed by atoms with Gasteiger partial charge in [0, 0.05) is 0 Å². The van der Waals surface area contributed by atoms with Crippen LogP contribution in [0, 0.1) is 0 Å². The van der Waals surface area contributed by atoms with E-state index in [0.717, 1.165) is 11.1 Å². The van der Waals surface area contributed by atoms with Crippen LogP contribution in [-0.2, 0) is 9.53 Å². The third-order valence-corrected chi connectivity index (χ3v) is 6.83. The highest BCUT2D eigenvalue weighted by molar-refractivity contribution is 7.07. The molecule has 0 spiro atoms. The van der Waals surface area contributed by atoms with Gasteiger partial charge in [-0.1, -0.05) is 54.8 Å². The molecule has 4 rings (SSSR count). The van der Waals surface area contributed by atoms with Crippen LogP contribution in [0.2, 0.25) is 0 Å². The van der Waals surface area contributed by atoms with E-state index in [9.17, 15) is 9.59 Å². The van der Waals surface area contributed by atoms with Crippen LogP contribution in [-0.4, -0.2) is 38.0 Å². The maximum atomic E-state index is 13.8. The molecular formula is C29H28N2O6S. The van der Waals surface area contributed by atoms with Crippen LogP contribution >= 0.6 is 11.3 Å². The van der Waals surface area contributed by atoms with E-state index in [-0.39, 0.29) is 12.2 Å². The van der Waals surface area contributed by atoms with Crippen LogP contribution < -0.4 is 29.1 Å². The van der Waals surface area contributed by atoms with Gasteiger partial charge in [-0.25, -0.2) is 9.79 Å². The number of esters is 1. The lowest BCUT2D eigenvalue weighted by atomic mass is 9.96. The average molecular weight is 533 g/mol. The zero-order valence-electron chi connectivity index (χ0n) is 21.4. The van der Waals surface area contributed by atoms with E-state index >= 15 is 0 Å². The highest BCUT2D eigenvalue weighted by Gasteiger charge is 2.33. The van der Waals surface area contributed by atoms with E-state index in [0.29, 0.717) is 44.5 Å². The number of ether oxygens (including phenoxy) is 4. The van der Waals surface area contributed by atoms with Crippen molar-refractivity contribution in [1.82, 2.24) is 4.57 Å². The van der Waals surface area contributed by atoms with Gasteiger partial charge in [0.1, 0.15) is 19.0 Å². The van der Waals surface area contributed by atoms with Crippen molar-refractivity contribution in [2.75, 3.05) is 27.4 Å². The number of carbonyl (C=O) groups is 1. The molecule has 0 radical (unpaired) electrons. The van der Waals surface area contributed by atoms with Gasteiger partial charge < -0.3 is 18.9 Å². The smallest absolute Gasteiger partial charge is 0.338 e. The molecule has 38 heavy (non-hydrogen) atoms. The minimum absolute atomic E-state index is 0.0453. The summed E-state index contributed by atoms with van der Waals surface area (Å²) in [6.07, 6.45) is 4.91. The molecule has 1 aliphatic heterocycles. The molecule has 196 valence electrons. The van der Waals surface area contributed by atoms with Gasteiger partial charge in [-0.3, -0.25) is 9.36 Å². The Morgan fingerprint density at radius 1 is 1.05 bits per heavy atom. The second-order valence-electron chi connectivity index (χ2n) is 8.25. The molecule has 2 aromatic carbocycles. The summed E-state index contributed by atoms with van der Waals surface area (Å²) in [5, 5.41) is 0. The molecule has 2 heterocycles. The molecule has 0 fully saturated rings. The zero-order chi connectivity index (χ0) is 27.2. The third-order valence-electron chi connectivity index (χ3n) is 5.85. The fourth-order valence-corrected chi connectivity index (χ4v) is 5.14. The van der Waals surface area contributed by atoms with Crippen LogP contribution in [0.3, 0.4) is 0 Å². The predicted octanol–water partition coefficient (Wildman–Crippen LogP) is 3.55. The van der Waals surface area contributed by atoms with E-state index in [4.69, 9.17) is 18.9 Å². The number of rotatable bonds is 10. The van der Waals surface area contributed by atoms with Gasteiger partial charge in [-0.2, -0.15) is 0 Å². The van der Waals surface area contributed by atoms with Crippen molar-refractivity contribution >= 4 is 23.4 Å². The van der Waals surface area contributed by atoms with Crippen LogP contribution in [0.4, 0.5) is 0 Å². The van der Waals surface area contributed by atoms with Crippen LogP contribution in [0.1, 0.15) is 24.1 Å². The highest BCUT2D eigenvalue weighted by Crippen LogP contribution is 2.32. The van der Waals surface area contributed by atoms with Gasteiger partial charge in [0.25, 0.3) is 5.56 Å². The van der Waals surface area contributed by atoms with Crippen molar-refractivity contribution in [2.45, 2.75) is 13.0 Å². The number of hydrogen-bond acceptors (Lipinski definition) is 8. The molecule has 0 saturated carbocycles. The maximum absolute atomic E-state index is 13.8. The zero-order valence-corrected chi connectivity index (χ0v) is 22.2. The van der Waals surface area contributed by atoms with Crippen LogP contribution in [0.5, 0.6) is 17.2 Å². The standard InChI is InChI=1S/C29H28N2O6S/c1-6-14-36-22-13-8-19(16-23(22)35-5)17-24-27(32)31-26(20-9-11-21(34-4)12-10-20)25(28(33)37-15-7-2)18(3)30-29(31)38-24/h6-13,16-17,26H,1-2,14-15H2,3-5H3. The Hall–Kier alpha value is -4.37.